The fraction of sp³-hybridized carbons (Fsp3) is 0.800. The fourth-order valence-electron chi connectivity index (χ4n) is 12.5. The molecule has 2 nitrogen and oxygen atoms in total. The molecule has 6 fully saturated rings. The van der Waals surface area contributed by atoms with E-state index in [1.54, 1.807) is 11.3 Å². The second kappa shape index (κ2) is 7.87. The van der Waals surface area contributed by atoms with Crippen molar-refractivity contribution in [3.05, 3.63) is 28.0 Å². The molecule has 38 heavy (non-hydrogen) atoms. The second-order valence-corrected chi connectivity index (χ2v) is 17.7. The van der Waals surface area contributed by atoms with Crippen LogP contribution >= 0.6 is 11.3 Å². The van der Waals surface area contributed by atoms with E-state index in [-0.39, 0.29) is 10.8 Å². The lowest BCUT2D eigenvalue weighted by Crippen LogP contribution is -2.67. The van der Waals surface area contributed by atoms with Crippen LogP contribution in [0, 0.1) is 56.2 Å². The Bertz CT molecular complexity index is 1180. The normalized spacial score (nSPS) is 51.6. The summed E-state index contributed by atoms with van der Waals surface area (Å²) in [7, 11) is 0. The highest BCUT2D eigenvalue weighted by atomic mass is 32.1. The lowest BCUT2D eigenvalue weighted by atomic mass is 9.31. The zero-order valence-corrected chi connectivity index (χ0v) is 25.8. The Labute approximate surface area is 235 Å². The van der Waals surface area contributed by atoms with Gasteiger partial charge >= 0.3 is 0 Å². The first-order valence-electron chi connectivity index (χ1n) is 15.7. The van der Waals surface area contributed by atoms with E-state index in [0.717, 1.165) is 30.4 Å². The van der Waals surface area contributed by atoms with Crippen LogP contribution in [0.3, 0.4) is 0 Å². The van der Waals surface area contributed by atoms with Crippen LogP contribution < -0.4 is 0 Å². The maximum Gasteiger partial charge on any atom is 0.164 e. The third kappa shape index (κ3) is 3.07. The molecular weight excluding hydrogens is 484 g/mol. The van der Waals surface area contributed by atoms with Gasteiger partial charge in [-0.05, 0) is 132 Å². The summed E-state index contributed by atoms with van der Waals surface area (Å²) in [6.45, 7) is 18.6. The highest BCUT2D eigenvalue weighted by molar-refractivity contribution is 7.10. The average molecular weight is 535 g/mol. The molecule has 1 aromatic rings. The highest BCUT2D eigenvalue weighted by Crippen LogP contribution is 2.78. The summed E-state index contributed by atoms with van der Waals surface area (Å²) in [5, 5.41) is 2.13. The molecule has 0 amide bonds. The van der Waals surface area contributed by atoms with E-state index in [0.29, 0.717) is 45.4 Å². The van der Waals surface area contributed by atoms with Crippen molar-refractivity contribution in [1.29, 1.82) is 0 Å². The molecule has 2 heterocycles. The zero-order valence-electron chi connectivity index (χ0n) is 25.0. The highest BCUT2D eigenvalue weighted by Gasteiger charge is 2.73. The Morgan fingerprint density at radius 1 is 0.895 bits per heavy atom. The minimum absolute atomic E-state index is 0.179. The van der Waals surface area contributed by atoms with Gasteiger partial charge in [-0.1, -0.05) is 54.5 Å². The number of hydrogen-bond acceptors (Lipinski definition) is 3. The first-order chi connectivity index (χ1) is 17.8. The summed E-state index contributed by atoms with van der Waals surface area (Å²) >= 11 is 1.76. The number of Topliss-reactive ketones (excluding diaryl/α,β-unsaturated/α-hetero) is 1. The number of rotatable bonds is 1. The van der Waals surface area contributed by atoms with Gasteiger partial charge in [0.2, 0.25) is 0 Å². The number of allylic oxidation sites excluding steroid dienone is 1. The number of thiophene rings is 1. The first-order valence-corrected chi connectivity index (χ1v) is 16.6. The maximum absolute atomic E-state index is 13.9. The van der Waals surface area contributed by atoms with Crippen LogP contribution in [0.2, 0.25) is 0 Å². The third-order valence-electron chi connectivity index (χ3n) is 14.6. The van der Waals surface area contributed by atoms with Crippen LogP contribution in [0.15, 0.2) is 23.1 Å². The summed E-state index contributed by atoms with van der Waals surface area (Å²) in [5.74, 6) is 3.09. The quantitative estimate of drug-likeness (QED) is 0.336. The largest absolute Gasteiger partial charge is 0.377 e. The number of fused-ring (bicyclic) bond motifs is 5. The second-order valence-electron chi connectivity index (χ2n) is 16.7. The summed E-state index contributed by atoms with van der Waals surface area (Å²) in [6.07, 6.45) is 14.3. The first kappa shape index (κ1) is 26.0. The SMILES string of the molecule is CC1(C)CC[C@]23CC[C@]4(C)[C@H](CC[C@@H]5[C@@]6(C)C/C(=C\c7cccs7)C(=O)C(C)(C)[C@H]6CC[C@]54C)[C@H]2[C@H]1OC3. The standard InChI is InChI=1S/C35H50O2S/c1-30(2)14-16-35-17-15-33(6)24(27(35)29(30)37-21-35)10-11-26-32(5)20-22(19-23-9-8-18-38-23)28(36)31(3,4)25(32)12-13-34(26,33)7/h8-9,18-19,24-27,29H,10-17,20-21H2,1-7H3/b22-19+/t24-,25-,26-,27+,29-,32+,33-,34-,35-/m1/s1. The molecule has 5 aliphatic carbocycles. The summed E-state index contributed by atoms with van der Waals surface area (Å²) in [4.78, 5) is 15.2. The molecule has 0 N–H and O–H groups in total. The van der Waals surface area contributed by atoms with Crippen LogP contribution in [0.4, 0.5) is 0 Å². The van der Waals surface area contributed by atoms with E-state index in [2.05, 4.69) is 72.1 Å². The Morgan fingerprint density at radius 3 is 2.39 bits per heavy atom. The molecule has 0 spiro atoms. The van der Waals surface area contributed by atoms with Gasteiger partial charge in [0.05, 0.1) is 12.7 Å². The van der Waals surface area contributed by atoms with Gasteiger partial charge in [0.1, 0.15) is 0 Å². The van der Waals surface area contributed by atoms with Crippen LogP contribution in [0.25, 0.3) is 6.08 Å². The lowest BCUT2D eigenvalue weighted by molar-refractivity contribution is -0.236. The molecule has 208 valence electrons. The number of ketones is 1. The van der Waals surface area contributed by atoms with Gasteiger partial charge < -0.3 is 4.74 Å². The number of hydrogen-bond donors (Lipinski definition) is 0. The topological polar surface area (TPSA) is 26.3 Å². The average Bonchev–Trinajstić information content (AvgIpc) is 3.47. The van der Waals surface area contributed by atoms with Crippen molar-refractivity contribution in [2.45, 2.75) is 112 Å². The van der Waals surface area contributed by atoms with Gasteiger partial charge in [0.25, 0.3) is 0 Å². The fourth-order valence-corrected chi connectivity index (χ4v) is 13.2. The van der Waals surface area contributed by atoms with Crippen LogP contribution in [-0.4, -0.2) is 18.5 Å². The van der Waals surface area contributed by atoms with E-state index in [9.17, 15) is 4.79 Å². The van der Waals surface area contributed by atoms with Crippen molar-refractivity contribution in [3.8, 4) is 0 Å². The molecule has 6 aliphatic rings. The van der Waals surface area contributed by atoms with Gasteiger partial charge in [-0.25, -0.2) is 0 Å². The number of carbonyl (C=O) groups is 1. The molecule has 0 unspecified atom stereocenters. The summed E-state index contributed by atoms with van der Waals surface area (Å²) < 4.78 is 6.76. The minimum atomic E-state index is -0.286. The zero-order chi connectivity index (χ0) is 26.9. The Morgan fingerprint density at radius 2 is 1.66 bits per heavy atom. The van der Waals surface area contributed by atoms with Gasteiger partial charge in [0.15, 0.2) is 5.78 Å². The van der Waals surface area contributed by atoms with Gasteiger partial charge in [-0.15, -0.1) is 11.3 Å². The third-order valence-corrected chi connectivity index (χ3v) is 15.4. The van der Waals surface area contributed by atoms with Gasteiger partial charge in [-0.3, -0.25) is 4.79 Å². The molecule has 3 heteroatoms. The smallest absolute Gasteiger partial charge is 0.164 e. The molecule has 1 aromatic heterocycles. The molecule has 0 aromatic carbocycles. The van der Waals surface area contributed by atoms with Gasteiger partial charge in [0, 0.05) is 10.3 Å². The number of ether oxygens (including phenoxy) is 1. The van der Waals surface area contributed by atoms with Crippen molar-refractivity contribution < 1.29 is 9.53 Å². The van der Waals surface area contributed by atoms with Gasteiger partial charge in [-0.2, -0.15) is 0 Å². The monoisotopic (exact) mass is 534 g/mol. The predicted molar refractivity (Wildman–Crippen MR) is 157 cm³/mol. The molecule has 1 aliphatic heterocycles. The van der Waals surface area contributed by atoms with E-state index < -0.39 is 0 Å². The molecule has 7 rings (SSSR count). The Balaban J connectivity index is 1.29. The summed E-state index contributed by atoms with van der Waals surface area (Å²) in [5.41, 5.74) is 2.43. The molecule has 9 atom stereocenters. The molecule has 2 bridgehead atoms. The molecule has 5 saturated carbocycles. The number of carbonyl (C=O) groups excluding carboxylic acids is 1. The minimum Gasteiger partial charge on any atom is -0.377 e. The Kier molecular flexibility index (Phi) is 5.39. The maximum atomic E-state index is 13.9. The van der Waals surface area contributed by atoms with Crippen LogP contribution in [-0.2, 0) is 9.53 Å². The van der Waals surface area contributed by atoms with Crippen molar-refractivity contribution >= 4 is 23.2 Å². The van der Waals surface area contributed by atoms with E-state index >= 15 is 0 Å². The van der Waals surface area contributed by atoms with Crippen molar-refractivity contribution in [2.24, 2.45) is 56.2 Å². The predicted octanol–water partition coefficient (Wildman–Crippen LogP) is 9.20. The lowest BCUT2D eigenvalue weighted by Gasteiger charge is -2.73. The van der Waals surface area contributed by atoms with Crippen LogP contribution in [0.1, 0.15) is 111 Å². The molecular formula is C35H50O2S. The van der Waals surface area contributed by atoms with Crippen molar-refractivity contribution in [2.75, 3.05) is 6.61 Å². The van der Waals surface area contributed by atoms with Crippen LogP contribution in [0.5, 0.6) is 0 Å². The van der Waals surface area contributed by atoms with Crippen molar-refractivity contribution in [1.82, 2.24) is 0 Å². The molecule has 0 radical (unpaired) electrons. The van der Waals surface area contributed by atoms with E-state index in [4.69, 9.17) is 4.74 Å². The van der Waals surface area contributed by atoms with Crippen molar-refractivity contribution in [3.63, 3.8) is 0 Å². The summed E-state index contributed by atoms with van der Waals surface area (Å²) in [6, 6.07) is 4.28. The van der Waals surface area contributed by atoms with E-state index in [1.165, 1.54) is 56.2 Å². The molecule has 1 saturated heterocycles. The Hall–Kier alpha value is -0.930. The van der Waals surface area contributed by atoms with E-state index in [1.807, 2.05) is 0 Å².